The zero-order valence-electron chi connectivity index (χ0n) is 10.5. The third kappa shape index (κ3) is 4.14. The Morgan fingerprint density at radius 3 is 2.59 bits per heavy atom. The molecule has 0 saturated heterocycles. The molecule has 2 N–H and O–H groups in total. The first-order valence-corrected chi connectivity index (χ1v) is 6.46. The molecule has 0 unspecified atom stereocenters. The predicted molar refractivity (Wildman–Crippen MR) is 76.3 cm³/mol. The number of hydrogen-bond donors (Lipinski definition) is 2. The van der Waals surface area contributed by atoms with Crippen molar-refractivity contribution in [3.8, 4) is 0 Å². The van der Waals surface area contributed by atoms with Crippen molar-refractivity contribution in [3.63, 3.8) is 0 Å². The highest BCUT2D eigenvalue weighted by Crippen LogP contribution is 2.11. The zero-order chi connectivity index (χ0) is 13.2. The Labute approximate surface area is 114 Å². The molecule has 1 amide bonds. The topological polar surface area (TPSA) is 62.0 Å². The molecule has 1 rings (SSSR count). The maximum Gasteiger partial charge on any atom is 0.261 e. The Morgan fingerprint density at radius 1 is 1.47 bits per heavy atom. The summed E-state index contributed by atoms with van der Waals surface area (Å²) in [6.07, 6.45) is 0. The van der Waals surface area contributed by atoms with Crippen LogP contribution >= 0.6 is 22.6 Å². The average molecular weight is 348 g/mol. The fourth-order valence-corrected chi connectivity index (χ4v) is 1.65. The lowest BCUT2D eigenvalue weighted by molar-refractivity contribution is 0.0937. The number of rotatable bonds is 2. The third-order valence-electron chi connectivity index (χ3n) is 2.20. The fraction of sp³-hybridized carbons (Fsp3) is 0.500. The van der Waals surface area contributed by atoms with E-state index in [9.17, 15) is 9.59 Å². The van der Waals surface area contributed by atoms with Crippen LogP contribution in [0.4, 0.5) is 0 Å². The lowest BCUT2D eigenvalue weighted by Gasteiger charge is -2.18. The molecule has 0 aliphatic heterocycles. The first-order chi connectivity index (χ1) is 7.70. The van der Waals surface area contributed by atoms with Crippen LogP contribution in [0.25, 0.3) is 0 Å². The summed E-state index contributed by atoms with van der Waals surface area (Å²) in [5.41, 5.74) is 0.613. The Bertz CT molecular complexity index is 486. The van der Waals surface area contributed by atoms with E-state index >= 15 is 0 Å². The molecule has 0 fully saturated rings. The third-order valence-corrected chi connectivity index (χ3v) is 3.32. The van der Waals surface area contributed by atoms with Gasteiger partial charge < -0.3 is 10.3 Å². The summed E-state index contributed by atoms with van der Waals surface area (Å²) in [7, 11) is 0. The molecule has 0 bridgehead atoms. The van der Waals surface area contributed by atoms with Gasteiger partial charge in [-0.3, -0.25) is 9.59 Å². The largest absolute Gasteiger partial charge is 0.351 e. The van der Waals surface area contributed by atoms with Crippen LogP contribution in [0, 0.1) is 15.9 Å². The standard InChI is InChI=1S/C12H17IN2O2/c1-7-9(13)5-8(11(17)15-7)10(16)14-6-12(2,3)4/h5H,6H2,1-4H3,(H,14,16)(H,15,17). The van der Waals surface area contributed by atoms with Gasteiger partial charge in [0.15, 0.2) is 0 Å². The number of halogens is 1. The number of pyridine rings is 1. The molecule has 0 atom stereocenters. The highest BCUT2D eigenvalue weighted by Gasteiger charge is 2.16. The van der Waals surface area contributed by atoms with E-state index in [0.717, 1.165) is 9.26 Å². The fourth-order valence-electron chi connectivity index (χ4n) is 1.21. The van der Waals surface area contributed by atoms with Crippen LogP contribution in [0.2, 0.25) is 0 Å². The van der Waals surface area contributed by atoms with Crippen LogP contribution in [0.1, 0.15) is 36.8 Å². The summed E-state index contributed by atoms with van der Waals surface area (Å²) in [4.78, 5) is 26.1. The summed E-state index contributed by atoms with van der Waals surface area (Å²) in [5.74, 6) is -0.320. The molecular formula is C12H17IN2O2. The van der Waals surface area contributed by atoms with E-state index < -0.39 is 0 Å². The number of carbonyl (C=O) groups excluding carboxylic acids is 1. The Kier molecular flexibility index (Phi) is 4.35. The van der Waals surface area contributed by atoms with Gasteiger partial charge in [-0.15, -0.1) is 0 Å². The minimum Gasteiger partial charge on any atom is -0.351 e. The van der Waals surface area contributed by atoms with Crippen molar-refractivity contribution in [3.05, 3.63) is 31.2 Å². The summed E-state index contributed by atoms with van der Waals surface area (Å²) in [5, 5.41) is 2.76. The molecule has 5 heteroatoms. The van der Waals surface area contributed by atoms with Crippen molar-refractivity contribution in [2.45, 2.75) is 27.7 Å². The lowest BCUT2D eigenvalue weighted by Crippen LogP contribution is -2.35. The second kappa shape index (κ2) is 5.20. The van der Waals surface area contributed by atoms with E-state index in [4.69, 9.17) is 0 Å². The number of nitrogens with one attached hydrogen (secondary N) is 2. The first kappa shape index (κ1) is 14.2. The summed E-state index contributed by atoms with van der Waals surface area (Å²) < 4.78 is 0.878. The molecule has 4 nitrogen and oxygen atoms in total. The molecule has 1 aromatic heterocycles. The van der Waals surface area contributed by atoms with Gasteiger partial charge in [-0.25, -0.2) is 0 Å². The highest BCUT2D eigenvalue weighted by molar-refractivity contribution is 14.1. The summed E-state index contributed by atoms with van der Waals surface area (Å²) in [6, 6.07) is 1.62. The molecule has 1 aromatic rings. The molecule has 0 aliphatic rings. The van der Waals surface area contributed by atoms with Gasteiger partial charge in [0.25, 0.3) is 11.5 Å². The molecule has 1 heterocycles. The number of carbonyl (C=O) groups is 1. The number of aryl methyl sites for hydroxylation is 1. The number of H-pyrrole nitrogens is 1. The summed E-state index contributed by atoms with van der Waals surface area (Å²) >= 11 is 2.09. The minimum absolute atomic E-state index is 0.000271. The normalized spacial score (nSPS) is 11.4. The lowest BCUT2D eigenvalue weighted by atomic mass is 9.97. The smallest absolute Gasteiger partial charge is 0.261 e. The maximum atomic E-state index is 11.8. The molecule has 17 heavy (non-hydrogen) atoms. The predicted octanol–water partition coefficient (Wildman–Crippen LogP) is 2.06. The van der Waals surface area contributed by atoms with Crippen molar-refractivity contribution in [2.75, 3.05) is 6.54 Å². The van der Waals surface area contributed by atoms with Crippen molar-refractivity contribution in [2.24, 2.45) is 5.41 Å². The molecule has 94 valence electrons. The van der Waals surface area contributed by atoms with Crippen molar-refractivity contribution in [1.82, 2.24) is 10.3 Å². The van der Waals surface area contributed by atoms with Gasteiger partial charge in [-0.2, -0.15) is 0 Å². The van der Waals surface area contributed by atoms with Crippen molar-refractivity contribution >= 4 is 28.5 Å². The number of aromatic nitrogens is 1. The number of hydrogen-bond acceptors (Lipinski definition) is 2. The van der Waals surface area contributed by atoms with E-state index in [1.54, 1.807) is 13.0 Å². The van der Waals surface area contributed by atoms with Gasteiger partial charge in [-0.05, 0) is 41.0 Å². The second-order valence-corrected chi connectivity index (χ2v) is 6.39. The SMILES string of the molecule is Cc1[nH]c(=O)c(C(=O)NCC(C)(C)C)cc1I. The van der Waals surface area contributed by atoms with E-state index in [2.05, 4.69) is 32.9 Å². The van der Waals surface area contributed by atoms with Crippen LogP contribution in [-0.4, -0.2) is 17.4 Å². The van der Waals surface area contributed by atoms with Gasteiger partial charge in [-0.1, -0.05) is 20.8 Å². The Hall–Kier alpha value is -0.850. The van der Waals surface area contributed by atoms with E-state index in [-0.39, 0.29) is 22.4 Å². The van der Waals surface area contributed by atoms with Crippen LogP contribution < -0.4 is 10.9 Å². The number of amides is 1. The second-order valence-electron chi connectivity index (χ2n) is 5.23. The van der Waals surface area contributed by atoms with Gasteiger partial charge in [0.1, 0.15) is 5.56 Å². The highest BCUT2D eigenvalue weighted by atomic mass is 127. The van der Waals surface area contributed by atoms with Crippen molar-refractivity contribution < 1.29 is 4.79 Å². The van der Waals surface area contributed by atoms with Crippen molar-refractivity contribution in [1.29, 1.82) is 0 Å². The van der Waals surface area contributed by atoms with E-state index in [1.807, 2.05) is 20.8 Å². The molecule has 0 spiro atoms. The first-order valence-electron chi connectivity index (χ1n) is 5.38. The quantitative estimate of drug-likeness (QED) is 0.804. The zero-order valence-corrected chi connectivity index (χ0v) is 12.6. The van der Waals surface area contributed by atoms with Gasteiger partial charge >= 0.3 is 0 Å². The van der Waals surface area contributed by atoms with E-state index in [1.165, 1.54) is 0 Å². The minimum atomic E-state index is -0.339. The Morgan fingerprint density at radius 2 is 2.06 bits per heavy atom. The monoisotopic (exact) mass is 348 g/mol. The average Bonchev–Trinajstić information content (AvgIpc) is 2.19. The number of aromatic amines is 1. The molecule has 0 aromatic carbocycles. The molecule has 0 radical (unpaired) electrons. The van der Waals surface area contributed by atoms with Crippen LogP contribution in [0.5, 0.6) is 0 Å². The van der Waals surface area contributed by atoms with Gasteiger partial charge in [0.05, 0.1) is 0 Å². The maximum absolute atomic E-state index is 11.8. The molecular weight excluding hydrogens is 331 g/mol. The molecule has 0 saturated carbocycles. The van der Waals surface area contributed by atoms with Crippen LogP contribution in [0.15, 0.2) is 10.9 Å². The van der Waals surface area contributed by atoms with Crippen LogP contribution in [0.3, 0.4) is 0 Å². The van der Waals surface area contributed by atoms with Gasteiger partial charge in [0, 0.05) is 15.8 Å². The van der Waals surface area contributed by atoms with Gasteiger partial charge in [0.2, 0.25) is 0 Å². The van der Waals surface area contributed by atoms with E-state index in [0.29, 0.717) is 6.54 Å². The summed E-state index contributed by atoms with van der Waals surface area (Å²) in [6.45, 7) is 8.42. The van der Waals surface area contributed by atoms with Crippen LogP contribution in [-0.2, 0) is 0 Å². The molecule has 0 aliphatic carbocycles. The Balaban J connectivity index is 2.90.